The van der Waals surface area contributed by atoms with Crippen molar-refractivity contribution in [3.05, 3.63) is 23.2 Å². The van der Waals surface area contributed by atoms with Gasteiger partial charge in [0.15, 0.2) is 0 Å². The summed E-state index contributed by atoms with van der Waals surface area (Å²) in [6.07, 6.45) is 0. The molecule has 1 heterocycles. The van der Waals surface area contributed by atoms with Crippen LogP contribution in [0.25, 0.3) is 0 Å². The number of likely N-dealkylation sites (tertiary alicyclic amines) is 1. The highest BCUT2D eigenvalue weighted by Gasteiger charge is 2.37. The van der Waals surface area contributed by atoms with Crippen LogP contribution >= 0.6 is 11.6 Å². The SMILES string of the molecule is COc1ccc(NC(=O)N2CC(C(C)C(=O)O)C2)cc1Cl. The van der Waals surface area contributed by atoms with Crippen molar-refractivity contribution in [2.24, 2.45) is 11.8 Å². The quantitative estimate of drug-likeness (QED) is 0.895. The van der Waals surface area contributed by atoms with E-state index < -0.39 is 11.9 Å². The van der Waals surface area contributed by atoms with Crippen LogP contribution in [0.3, 0.4) is 0 Å². The number of rotatable bonds is 4. The van der Waals surface area contributed by atoms with Gasteiger partial charge in [0.1, 0.15) is 5.75 Å². The Hall–Kier alpha value is -1.95. The highest BCUT2D eigenvalue weighted by Crippen LogP contribution is 2.28. The molecular formula is C14H17ClN2O4. The number of ether oxygens (including phenoxy) is 1. The van der Waals surface area contributed by atoms with Gasteiger partial charge in [-0.15, -0.1) is 0 Å². The summed E-state index contributed by atoms with van der Waals surface area (Å²) in [6, 6.07) is 4.71. The van der Waals surface area contributed by atoms with Crippen LogP contribution in [-0.4, -0.2) is 42.2 Å². The van der Waals surface area contributed by atoms with Gasteiger partial charge < -0.3 is 20.1 Å². The van der Waals surface area contributed by atoms with Crippen LogP contribution in [0, 0.1) is 11.8 Å². The molecule has 2 rings (SSSR count). The maximum Gasteiger partial charge on any atom is 0.321 e. The third-order valence-electron chi connectivity index (χ3n) is 3.70. The molecule has 0 saturated carbocycles. The Morgan fingerprint density at radius 2 is 2.14 bits per heavy atom. The lowest BCUT2D eigenvalue weighted by molar-refractivity contribution is -0.144. The van der Waals surface area contributed by atoms with E-state index in [4.69, 9.17) is 21.4 Å². The van der Waals surface area contributed by atoms with E-state index in [0.717, 1.165) is 0 Å². The Labute approximate surface area is 127 Å². The van der Waals surface area contributed by atoms with Crippen LogP contribution in [0.2, 0.25) is 5.02 Å². The van der Waals surface area contributed by atoms with Gasteiger partial charge in [-0.05, 0) is 18.2 Å². The van der Waals surface area contributed by atoms with Crippen molar-refractivity contribution in [1.82, 2.24) is 4.90 Å². The van der Waals surface area contributed by atoms with Crippen LogP contribution in [0.4, 0.5) is 10.5 Å². The molecule has 1 saturated heterocycles. The number of nitrogens with zero attached hydrogens (tertiary/aromatic N) is 1. The number of carbonyl (C=O) groups is 2. The van der Waals surface area contributed by atoms with Crippen molar-refractivity contribution < 1.29 is 19.4 Å². The maximum absolute atomic E-state index is 12.0. The summed E-state index contributed by atoms with van der Waals surface area (Å²) >= 11 is 5.98. The Morgan fingerprint density at radius 1 is 1.48 bits per heavy atom. The van der Waals surface area contributed by atoms with E-state index in [-0.39, 0.29) is 11.9 Å². The minimum Gasteiger partial charge on any atom is -0.495 e. The van der Waals surface area contributed by atoms with Crippen LogP contribution in [0.15, 0.2) is 18.2 Å². The highest BCUT2D eigenvalue weighted by atomic mass is 35.5. The van der Waals surface area contributed by atoms with Crippen molar-refractivity contribution in [3.63, 3.8) is 0 Å². The van der Waals surface area contributed by atoms with Gasteiger partial charge in [0, 0.05) is 24.7 Å². The lowest BCUT2D eigenvalue weighted by Crippen LogP contribution is -2.54. The van der Waals surface area contributed by atoms with Gasteiger partial charge in [0.05, 0.1) is 18.1 Å². The van der Waals surface area contributed by atoms with Gasteiger partial charge >= 0.3 is 12.0 Å². The lowest BCUT2D eigenvalue weighted by atomic mass is 9.87. The number of carboxylic acid groups (broad SMARTS) is 1. The van der Waals surface area contributed by atoms with Crippen molar-refractivity contribution in [3.8, 4) is 5.75 Å². The van der Waals surface area contributed by atoms with Gasteiger partial charge in [-0.2, -0.15) is 0 Å². The molecule has 0 spiro atoms. The van der Waals surface area contributed by atoms with Gasteiger partial charge in [0.2, 0.25) is 0 Å². The largest absolute Gasteiger partial charge is 0.495 e. The monoisotopic (exact) mass is 312 g/mol. The molecular weight excluding hydrogens is 296 g/mol. The predicted octanol–water partition coefficient (Wildman–Crippen LogP) is 2.53. The number of benzene rings is 1. The fraction of sp³-hybridized carbons (Fsp3) is 0.429. The van der Waals surface area contributed by atoms with Gasteiger partial charge in [-0.3, -0.25) is 4.79 Å². The summed E-state index contributed by atoms with van der Waals surface area (Å²) in [7, 11) is 1.52. The van der Waals surface area contributed by atoms with E-state index in [2.05, 4.69) is 5.32 Å². The number of aliphatic carboxylic acids is 1. The average molecular weight is 313 g/mol. The molecule has 6 nitrogen and oxygen atoms in total. The molecule has 1 unspecified atom stereocenters. The zero-order valence-corrected chi connectivity index (χ0v) is 12.6. The molecule has 1 aromatic carbocycles. The molecule has 2 amide bonds. The first-order chi connectivity index (χ1) is 9.92. The zero-order valence-electron chi connectivity index (χ0n) is 11.8. The standard InChI is InChI=1S/C14H17ClN2O4/c1-8(13(18)19)9-6-17(7-9)14(20)16-10-3-4-12(21-2)11(15)5-10/h3-5,8-9H,6-7H2,1-2H3,(H,16,20)(H,18,19). The van der Waals surface area contributed by atoms with Gasteiger partial charge in [-0.25, -0.2) is 4.79 Å². The fourth-order valence-corrected chi connectivity index (χ4v) is 2.40. The predicted molar refractivity (Wildman–Crippen MR) is 78.9 cm³/mol. The van der Waals surface area contributed by atoms with E-state index in [1.807, 2.05) is 0 Å². The summed E-state index contributed by atoms with van der Waals surface area (Å²) in [5.41, 5.74) is 0.570. The number of amides is 2. The Kier molecular flexibility index (Phi) is 4.57. The molecule has 0 bridgehead atoms. The number of hydrogen-bond acceptors (Lipinski definition) is 3. The number of urea groups is 1. The minimum absolute atomic E-state index is 0.00713. The number of halogens is 1. The smallest absolute Gasteiger partial charge is 0.321 e. The van der Waals surface area contributed by atoms with Gasteiger partial charge in [0.25, 0.3) is 0 Å². The van der Waals surface area contributed by atoms with Crippen molar-refractivity contribution >= 4 is 29.3 Å². The van der Waals surface area contributed by atoms with Gasteiger partial charge in [-0.1, -0.05) is 18.5 Å². The summed E-state index contributed by atoms with van der Waals surface area (Å²) in [5, 5.41) is 12.0. The molecule has 1 atom stereocenters. The molecule has 7 heteroatoms. The summed E-state index contributed by atoms with van der Waals surface area (Å²) < 4.78 is 5.04. The fourth-order valence-electron chi connectivity index (χ4n) is 2.14. The minimum atomic E-state index is -0.831. The Bertz CT molecular complexity index is 558. The number of nitrogens with one attached hydrogen (secondary N) is 1. The number of carboxylic acids is 1. The number of anilines is 1. The summed E-state index contributed by atoms with van der Waals surface area (Å²) in [6.45, 7) is 2.55. The summed E-state index contributed by atoms with van der Waals surface area (Å²) in [4.78, 5) is 24.4. The van der Waals surface area contributed by atoms with E-state index >= 15 is 0 Å². The van der Waals surface area contributed by atoms with Crippen molar-refractivity contribution in [1.29, 1.82) is 0 Å². The van der Waals surface area contributed by atoms with Crippen molar-refractivity contribution in [2.75, 3.05) is 25.5 Å². The first kappa shape index (κ1) is 15.4. The maximum atomic E-state index is 12.0. The average Bonchev–Trinajstić information content (AvgIpc) is 2.36. The number of carbonyl (C=O) groups excluding carboxylic acids is 1. The second-order valence-electron chi connectivity index (χ2n) is 5.07. The van der Waals surface area contributed by atoms with E-state index in [1.165, 1.54) is 7.11 Å². The first-order valence-corrected chi connectivity index (χ1v) is 6.92. The third kappa shape index (κ3) is 3.39. The molecule has 1 aromatic rings. The summed E-state index contributed by atoms with van der Waals surface area (Å²) in [5.74, 6) is -0.729. The van der Waals surface area contributed by atoms with Crippen LogP contribution < -0.4 is 10.1 Å². The molecule has 114 valence electrons. The molecule has 0 radical (unpaired) electrons. The van der Waals surface area contributed by atoms with E-state index in [0.29, 0.717) is 29.5 Å². The Balaban J connectivity index is 1.89. The third-order valence-corrected chi connectivity index (χ3v) is 3.99. The first-order valence-electron chi connectivity index (χ1n) is 6.54. The topological polar surface area (TPSA) is 78.9 Å². The molecule has 2 N–H and O–H groups in total. The van der Waals surface area contributed by atoms with Crippen LogP contribution in [0.1, 0.15) is 6.92 Å². The second kappa shape index (κ2) is 6.22. The molecule has 0 aromatic heterocycles. The lowest BCUT2D eigenvalue weighted by Gasteiger charge is -2.41. The normalized spacial score (nSPS) is 16.0. The van der Waals surface area contributed by atoms with E-state index in [1.54, 1.807) is 30.0 Å². The molecule has 1 fully saturated rings. The molecule has 1 aliphatic heterocycles. The molecule has 1 aliphatic rings. The number of hydrogen-bond donors (Lipinski definition) is 2. The molecule has 0 aliphatic carbocycles. The zero-order chi connectivity index (χ0) is 15.6. The molecule has 21 heavy (non-hydrogen) atoms. The highest BCUT2D eigenvalue weighted by molar-refractivity contribution is 6.32. The second-order valence-corrected chi connectivity index (χ2v) is 5.48. The van der Waals surface area contributed by atoms with Crippen molar-refractivity contribution in [2.45, 2.75) is 6.92 Å². The van der Waals surface area contributed by atoms with Crippen LogP contribution in [-0.2, 0) is 4.79 Å². The Morgan fingerprint density at radius 3 is 2.67 bits per heavy atom. The van der Waals surface area contributed by atoms with Crippen LogP contribution in [0.5, 0.6) is 5.75 Å². The number of methoxy groups -OCH3 is 1. The van der Waals surface area contributed by atoms with E-state index in [9.17, 15) is 9.59 Å².